The highest BCUT2D eigenvalue weighted by molar-refractivity contribution is 9.10. The standard InChI is InChI=1S/C15H19BrN2OS/c1-18(9-14-6-13(16)10-20-14)8-11-3-4-15(19-2)12(5-11)7-17/h3-6,10H,7-9,17H2,1-2H3. The average molecular weight is 355 g/mol. The van der Waals surface area contributed by atoms with Crippen LogP contribution in [0.4, 0.5) is 0 Å². The first kappa shape index (κ1) is 15.5. The van der Waals surface area contributed by atoms with Gasteiger partial charge in [-0.2, -0.15) is 0 Å². The Labute approximate surface area is 132 Å². The van der Waals surface area contributed by atoms with Crippen LogP contribution in [-0.2, 0) is 19.6 Å². The van der Waals surface area contributed by atoms with Crippen LogP contribution in [0.1, 0.15) is 16.0 Å². The van der Waals surface area contributed by atoms with Crippen LogP contribution in [0.5, 0.6) is 5.75 Å². The van der Waals surface area contributed by atoms with E-state index in [1.165, 1.54) is 10.4 Å². The molecule has 0 unspecified atom stereocenters. The molecule has 0 aliphatic rings. The zero-order chi connectivity index (χ0) is 14.5. The lowest BCUT2D eigenvalue weighted by Crippen LogP contribution is -2.16. The molecule has 1 aromatic heterocycles. The Morgan fingerprint density at radius 1 is 1.30 bits per heavy atom. The van der Waals surface area contributed by atoms with Gasteiger partial charge in [0.1, 0.15) is 5.75 Å². The molecule has 1 aromatic carbocycles. The highest BCUT2D eigenvalue weighted by Crippen LogP contribution is 2.23. The van der Waals surface area contributed by atoms with Crippen molar-refractivity contribution < 1.29 is 4.74 Å². The third-order valence-corrected chi connectivity index (χ3v) is 4.75. The maximum atomic E-state index is 5.76. The first-order chi connectivity index (χ1) is 9.62. The summed E-state index contributed by atoms with van der Waals surface area (Å²) in [6.45, 7) is 2.34. The lowest BCUT2D eigenvalue weighted by atomic mass is 10.1. The van der Waals surface area contributed by atoms with Crippen molar-refractivity contribution in [1.82, 2.24) is 4.90 Å². The number of thiophene rings is 1. The predicted molar refractivity (Wildman–Crippen MR) is 88.1 cm³/mol. The van der Waals surface area contributed by atoms with E-state index in [0.29, 0.717) is 6.54 Å². The van der Waals surface area contributed by atoms with Gasteiger partial charge in [0.25, 0.3) is 0 Å². The minimum absolute atomic E-state index is 0.499. The molecule has 0 radical (unpaired) electrons. The van der Waals surface area contributed by atoms with Crippen LogP contribution >= 0.6 is 27.3 Å². The van der Waals surface area contributed by atoms with Gasteiger partial charge in [0.05, 0.1) is 7.11 Å². The van der Waals surface area contributed by atoms with Gasteiger partial charge in [0, 0.05) is 39.9 Å². The Morgan fingerprint density at radius 2 is 2.10 bits per heavy atom. The number of ether oxygens (including phenoxy) is 1. The van der Waals surface area contributed by atoms with Crippen LogP contribution in [0, 0.1) is 0 Å². The van der Waals surface area contributed by atoms with Gasteiger partial charge in [-0.1, -0.05) is 6.07 Å². The largest absolute Gasteiger partial charge is 0.496 e. The van der Waals surface area contributed by atoms with E-state index in [2.05, 4.69) is 51.5 Å². The first-order valence-electron chi connectivity index (χ1n) is 6.39. The molecule has 0 fully saturated rings. The molecule has 0 saturated carbocycles. The van der Waals surface area contributed by atoms with Gasteiger partial charge >= 0.3 is 0 Å². The van der Waals surface area contributed by atoms with Gasteiger partial charge in [-0.25, -0.2) is 0 Å². The van der Waals surface area contributed by atoms with Crippen molar-refractivity contribution in [3.63, 3.8) is 0 Å². The molecule has 0 spiro atoms. The van der Waals surface area contributed by atoms with Crippen LogP contribution in [0.3, 0.4) is 0 Å². The van der Waals surface area contributed by atoms with Gasteiger partial charge in [0.2, 0.25) is 0 Å². The summed E-state index contributed by atoms with van der Waals surface area (Å²) < 4.78 is 6.45. The molecule has 0 atom stereocenters. The molecular weight excluding hydrogens is 336 g/mol. The summed E-state index contributed by atoms with van der Waals surface area (Å²) in [7, 11) is 3.80. The summed E-state index contributed by atoms with van der Waals surface area (Å²) in [6, 6.07) is 8.38. The average Bonchev–Trinajstić information content (AvgIpc) is 2.83. The molecule has 20 heavy (non-hydrogen) atoms. The molecule has 0 bridgehead atoms. The van der Waals surface area contributed by atoms with Crippen LogP contribution in [0.2, 0.25) is 0 Å². The van der Waals surface area contributed by atoms with Gasteiger partial charge in [-0.05, 0) is 46.7 Å². The number of hydrogen-bond donors (Lipinski definition) is 1. The van der Waals surface area contributed by atoms with E-state index in [9.17, 15) is 0 Å². The fraction of sp³-hybridized carbons (Fsp3) is 0.333. The van der Waals surface area contributed by atoms with E-state index in [1.54, 1.807) is 18.4 Å². The Bertz CT molecular complexity index is 571. The number of halogens is 1. The number of rotatable bonds is 6. The molecule has 0 aliphatic heterocycles. The molecule has 5 heteroatoms. The minimum Gasteiger partial charge on any atom is -0.496 e. The summed E-state index contributed by atoms with van der Waals surface area (Å²) >= 11 is 5.26. The second-order valence-electron chi connectivity index (χ2n) is 4.75. The van der Waals surface area contributed by atoms with Crippen molar-refractivity contribution in [3.05, 3.63) is 50.1 Å². The number of nitrogens with zero attached hydrogens (tertiary/aromatic N) is 1. The van der Waals surface area contributed by atoms with Crippen molar-refractivity contribution in [2.24, 2.45) is 5.73 Å². The first-order valence-corrected chi connectivity index (χ1v) is 8.07. The highest BCUT2D eigenvalue weighted by Gasteiger charge is 2.07. The van der Waals surface area contributed by atoms with E-state index in [4.69, 9.17) is 10.5 Å². The van der Waals surface area contributed by atoms with E-state index in [0.717, 1.165) is 28.9 Å². The zero-order valence-corrected chi connectivity index (χ0v) is 14.1. The lowest BCUT2D eigenvalue weighted by Gasteiger charge is -2.17. The molecule has 1 heterocycles. The minimum atomic E-state index is 0.499. The molecule has 2 N–H and O–H groups in total. The normalized spacial score (nSPS) is 11.1. The fourth-order valence-corrected chi connectivity index (χ4v) is 3.69. The Morgan fingerprint density at radius 3 is 2.70 bits per heavy atom. The van der Waals surface area contributed by atoms with Gasteiger partial charge in [-0.3, -0.25) is 4.90 Å². The topological polar surface area (TPSA) is 38.5 Å². The number of benzene rings is 1. The quantitative estimate of drug-likeness (QED) is 0.860. The van der Waals surface area contributed by atoms with Crippen molar-refractivity contribution in [3.8, 4) is 5.75 Å². The molecule has 3 nitrogen and oxygen atoms in total. The third-order valence-electron chi connectivity index (χ3n) is 3.06. The Hall–Kier alpha value is -0.880. The van der Waals surface area contributed by atoms with Crippen LogP contribution in [0.25, 0.3) is 0 Å². The maximum Gasteiger partial charge on any atom is 0.123 e. The summed E-state index contributed by atoms with van der Waals surface area (Å²) in [4.78, 5) is 3.65. The molecule has 2 rings (SSSR count). The van der Waals surface area contributed by atoms with Gasteiger partial charge in [-0.15, -0.1) is 11.3 Å². The monoisotopic (exact) mass is 354 g/mol. The Kier molecular flexibility index (Phi) is 5.60. The van der Waals surface area contributed by atoms with E-state index in [1.807, 2.05) is 6.07 Å². The zero-order valence-electron chi connectivity index (χ0n) is 11.7. The predicted octanol–water partition coefficient (Wildman–Crippen LogP) is 3.61. The van der Waals surface area contributed by atoms with E-state index >= 15 is 0 Å². The summed E-state index contributed by atoms with van der Waals surface area (Å²) in [6.07, 6.45) is 0. The summed E-state index contributed by atoms with van der Waals surface area (Å²) in [5.74, 6) is 0.862. The summed E-state index contributed by atoms with van der Waals surface area (Å²) in [5.41, 5.74) is 8.06. The third kappa shape index (κ3) is 4.06. The maximum absolute atomic E-state index is 5.76. The molecule has 2 aromatic rings. The smallest absolute Gasteiger partial charge is 0.123 e. The van der Waals surface area contributed by atoms with Crippen molar-refractivity contribution in [2.45, 2.75) is 19.6 Å². The van der Waals surface area contributed by atoms with Crippen molar-refractivity contribution in [2.75, 3.05) is 14.2 Å². The van der Waals surface area contributed by atoms with Crippen LogP contribution < -0.4 is 10.5 Å². The van der Waals surface area contributed by atoms with Gasteiger partial charge in [0.15, 0.2) is 0 Å². The van der Waals surface area contributed by atoms with Crippen LogP contribution in [0.15, 0.2) is 34.1 Å². The lowest BCUT2D eigenvalue weighted by molar-refractivity contribution is 0.321. The number of methoxy groups -OCH3 is 1. The van der Waals surface area contributed by atoms with Gasteiger partial charge < -0.3 is 10.5 Å². The number of nitrogens with two attached hydrogens (primary N) is 1. The second kappa shape index (κ2) is 7.22. The van der Waals surface area contributed by atoms with Crippen molar-refractivity contribution in [1.29, 1.82) is 0 Å². The summed E-state index contributed by atoms with van der Waals surface area (Å²) in [5, 5.41) is 2.11. The molecule has 0 aliphatic carbocycles. The molecule has 0 saturated heterocycles. The molecule has 108 valence electrons. The SMILES string of the molecule is COc1ccc(CN(C)Cc2cc(Br)cs2)cc1CN. The second-order valence-corrected chi connectivity index (χ2v) is 6.67. The van der Waals surface area contributed by atoms with Crippen molar-refractivity contribution >= 4 is 27.3 Å². The molecular formula is C15H19BrN2OS. The fourth-order valence-electron chi connectivity index (χ4n) is 2.16. The van der Waals surface area contributed by atoms with E-state index in [-0.39, 0.29) is 0 Å². The highest BCUT2D eigenvalue weighted by atomic mass is 79.9. The Balaban J connectivity index is 2.02. The van der Waals surface area contributed by atoms with E-state index < -0.39 is 0 Å². The van der Waals surface area contributed by atoms with Crippen LogP contribution in [-0.4, -0.2) is 19.1 Å². The molecule has 0 amide bonds. The number of hydrogen-bond acceptors (Lipinski definition) is 4.